The van der Waals surface area contributed by atoms with E-state index in [0.717, 1.165) is 42.9 Å². The lowest BCUT2D eigenvalue weighted by Gasteiger charge is -2.14. The molecule has 1 aliphatic heterocycles. The Hall–Kier alpha value is -2.28. The molecule has 138 valence electrons. The van der Waals surface area contributed by atoms with Crippen molar-refractivity contribution in [2.24, 2.45) is 0 Å². The van der Waals surface area contributed by atoms with Gasteiger partial charge in [0.05, 0.1) is 24.1 Å². The summed E-state index contributed by atoms with van der Waals surface area (Å²) >= 11 is 1.56. The second kappa shape index (κ2) is 8.40. The van der Waals surface area contributed by atoms with Gasteiger partial charge in [0.1, 0.15) is 5.76 Å². The summed E-state index contributed by atoms with van der Waals surface area (Å²) in [6.07, 6.45) is 2.22. The van der Waals surface area contributed by atoms with Crippen molar-refractivity contribution in [2.75, 3.05) is 26.0 Å². The molecule has 7 heteroatoms. The van der Waals surface area contributed by atoms with Gasteiger partial charge in [-0.25, -0.2) is 9.78 Å². The number of oxazole rings is 1. The minimum Gasteiger partial charge on any atom is -0.465 e. The molecule has 0 unspecified atom stereocenters. The Balaban J connectivity index is 1.59. The van der Waals surface area contributed by atoms with Gasteiger partial charge < -0.3 is 14.1 Å². The number of nitrogens with zero attached hydrogens (tertiary/aromatic N) is 2. The predicted octanol–water partition coefficient (Wildman–Crippen LogP) is 3.29. The van der Waals surface area contributed by atoms with Crippen LogP contribution in [0.5, 0.6) is 0 Å². The molecule has 2 heterocycles. The zero-order chi connectivity index (χ0) is 18.5. The number of amides is 1. The lowest BCUT2D eigenvalue weighted by molar-refractivity contribution is -0.127. The fourth-order valence-corrected chi connectivity index (χ4v) is 3.77. The van der Waals surface area contributed by atoms with E-state index < -0.39 is 0 Å². The van der Waals surface area contributed by atoms with Gasteiger partial charge in [-0.3, -0.25) is 4.79 Å². The van der Waals surface area contributed by atoms with E-state index in [9.17, 15) is 9.59 Å². The van der Waals surface area contributed by atoms with Crippen LogP contribution in [0.4, 0.5) is 0 Å². The summed E-state index contributed by atoms with van der Waals surface area (Å²) in [6.45, 7) is 3.64. The standard InChI is InChI=1S/C19H22N2O4S/c1-13-16(11-26-12-17(22)21-9-3-4-10-21)20-18(25-13)14-5-7-15(8-6-14)19(23)24-2/h5-8H,3-4,9-12H2,1-2H3. The first-order chi connectivity index (χ1) is 12.6. The minimum absolute atomic E-state index is 0.201. The number of rotatable bonds is 6. The summed E-state index contributed by atoms with van der Waals surface area (Å²) in [7, 11) is 1.35. The van der Waals surface area contributed by atoms with Crippen molar-refractivity contribution >= 4 is 23.6 Å². The number of ether oxygens (including phenoxy) is 1. The molecule has 0 saturated carbocycles. The van der Waals surface area contributed by atoms with E-state index in [2.05, 4.69) is 4.98 Å². The highest BCUT2D eigenvalue weighted by Crippen LogP contribution is 2.25. The van der Waals surface area contributed by atoms with Crippen molar-refractivity contribution in [3.05, 3.63) is 41.3 Å². The number of aromatic nitrogens is 1. The molecule has 1 aromatic heterocycles. The molecule has 0 radical (unpaired) electrons. The van der Waals surface area contributed by atoms with E-state index in [1.807, 2.05) is 11.8 Å². The van der Waals surface area contributed by atoms with Gasteiger partial charge in [0.15, 0.2) is 0 Å². The molecule has 2 aromatic rings. The van der Waals surface area contributed by atoms with Crippen LogP contribution in [0.15, 0.2) is 28.7 Å². The summed E-state index contributed by atoms with van der Waals surface area (Å²) in [4.78, 5) is 30.0. The SMILES string of the molecule is COC(=O)c1ccc(-c2nc(CSCC(=O)N3CCCC3)c(C)o2)cc1. The number of methoxy groups -OCH3 is 1. The van der Waals surface area contributed by atoms with Gasteiger partial charge in [0.25, 0.3) is 0 Å². The number of thioether (sulfide) groups is 1. The van der Waals surface area contributed by atoms with Gasteiger partial charge in [-0.05, 0) is 44.0 Å². The summed E-state index contributed by atoms with van der Waals surface area (Å²) in [5.74, 6) is 2.19. The molecule has 26 heavy (non-hydrogen) atoms. The molecule has 6 nitrogen and oxygen atoms in total. The van der Waals surface area contributed by atoms with Crippen LogP contribution in [0.3, 0.4) is 0 Å². The van der Waals surface area contributed by atoms with Crippen LogP contribution in [0.25, 0.3) is 11.5 Å². The number of hydrogen-bond donors (Lipinski definition) is 0. The quantitative estimate of drug-likeness (QED) is 0.723. The molecule has 1 aromatic carbocycles. The van der Waals surface area contributed by atoms with Crippen LogP contribution in [0.2, 0.25) is 0 Å². The van der Waals surface area contributed by atoms with E-state index in [4.69, 9.17) is 9.15 Å². The average Bonchev–Trinajstić information content (AvgIpc) is 3.31. The van der Waals surface area contributed by atoms with Crippen LogP contribution < -0.4 is 0 Å². The monoisotopic (exact) mass is 374 g/mol. The van der Waals surface area contributed by atoms with E-state index in [1.165, 1.54) is 7.11 Å². The van der Waals surface area contributed by atoms with Gasteiger partial charge in [0.2, 0.25) is 11.8 Å². The van der Waals surface area contributed by atoms with Crippen LogP contribution in [0.1, 0.15) is 34.7 Å². The van der Waals surface area contributed by atoms with Gasteiger partial charge in [-0.2, -0.15) is 0 Å². The van der Waals surface area contributed by atoms with Crippen molar-refractivity contribution in [3.63, 3.8) is 0 Å². The highest BCUT2D eigenvalue weighted by molar-refractivity contribution is 7.99. The number of carbonyl (C=O) groups excluding carboxylic acids is 2. The number of hydrogen-bond acceptors (Lipinski definition) is 6. The molecular weight excluding hydrogens is 352 g/mol. The van der Waals surface area contributed by atoms with E-state index in [1.54, 1.807) is 36.0 Å². The van der Waals surface area contributed by atoms with Crippen LogP contribution in [0, 0.1) is 6.92 Å². The maximum atomic E-state index is 12.1. The van der Waals surface area contributed by atoms with E-state index >= 15 is 0 Å². The normalized spacial score (nSPS) is 13.8. The molecule has 0 bridgehead atoms. The number of carbonyl (C=O) groups is 2. The molecule has 1 saturated heterocycles. The number of likely N-dealkylation sites (tertiary alicyclic amines) is 1. The minimum atomic E-state index is -0.375. The first kappa shape index (κ1) is 18.5. The highest BCUT2D eigenvalue weighted by atomic mass is 32.2. The Kier molecular flexibility index (Phi) is 5.98. The summed E-state index contributed by atoms with van der Waals surface area (Å²) in [5.41, 5.74) is 2.12. The third kappa shape index (κ3) is 4.27. The molecule has 1 fully saturated rings. The Morgan fingerprint density at radius 2 is 1.92 bits per heavy atom. The summed E-state index contributed by atoms with van der Waals surface area (Å²) in [6, 6.07) is 6.93. The topological polar surface area (TPSA) is 72.6 Å². The van der Waals surface area contributed by atoms with Crippen molar-refractivity contribution in [1.82, 2.24) is 9.88 Å². The number of aryl methyl sites for hydroxylation is 1. The molecule has 0 spiro atoms. The maximum Gasteiger partial charge on any atom is 0.337 e. The van der Waals surface area contributed by atoms with E-state index in [-0.39, 0.29) is 11.9 Å². The number of benzene rings is 1. The fourth-order valence-electron chi connectivity index (χ4n) is 2.84. The van der Waals surface area contributed by atoms with Crippen LogP contribution in [-0.2, 0) is 15.3 Å². The zero-order valence-corrected chi connectivity index (χ0v) is 15.8. The first-order valence-electron chi connectivity index (χ1n) is 8.59. The average molecular weight is 374 g/mol. The third-order valence-corrected chi connectivity index (χ3v) is 5.30. The Morgan fingerprint density at radius 3 is 2.58 bits per heavy atom. The second-order valence-corrected chi connectivity index (χ2v) is 7.16. The molecule has 0 N–H and O–H groups in total. The molecule has 0 atom stereocenters. The smallest absolute Gasteiger partial charge is 0.337 e. The van der Waals surface area contributed by atoms with Crippen molar-refractivity contribution in [2.45, 2.75) is 25.5 Å². The van der Waals surface area contributed by atoms with Gasteiger partial charge in [-0.15, -0.1) is 11.8 Å². The van der Waals surface area contributed by atoms with Gasteiger partial charge >= 0.3 is 5.97 Å². The highest BCUT2D eigenvalue weighted by Gasteiger charge is 2.18. The molecule has 3 rings (SSSR count). The second-order valence-electron chi connectivity index (χ2n) is 6.17. The third-order valence-electron chi connectivity index (χ3n) is 4.37. The fraction of sp³-hybridized carbons (Fsp3) is 0.421. The molecule has 1 amide bonds. The molecule has 0 aliphatic carbocycles. The van der Waals surface area contributed by atoms with Crippen molar-refractivity contribution in [3.8, 4) is 11.5 Å². The van der Waals surface area contributed by atoms with Gasteiger partial charge in [-0.1, -0.05) is 0 Å². The first-order valence-corrected chi connectivity index (χ1v) is 9.74. The predicted molar refractivity (Wildman–Crippen MR) is 100.0 cm³/mol. The lowest BCUT2D eigenvalue weighted by Crippen LogP contribution is -2.29. The summed E-state index contributed by atoms with van der Waals surface area (Å²) in [5, 5.41) is 0. The zero-order valence-electron chi connectivity index (χ0n) is 15.0. The Bertz CT molecular complexity index is 779. The van der Waals surface area contributed by atoms with Crippen molar-refractivity contribution in [1.29, 1.82) is 0 Å². The molecule has 1 aliphatic rings. The van der Waals surface area contributed by atoms with Crippen LogP contribution in [-0.4, -0.2) is 47.7 Å². The van der Waals surface area contributed by atoms with Crippen molar-refractivity contribution < 1.29 is 18.7 Å². The maximum absolute atomic E-state index is 12.1. The van der Waals surface area contributed by atoms with E-state index in [0.29, 0.717) is 23.0 Å². The Morgan fingerprint density at radius 1 is 1.23 bits per heavy atom. The summed E-state index contributed by atoms with van der Waals surface area (Å²) < 4.78 is 10.4. The van der Waals surface area contributed by atoms with Gasteiger partial charge in [0, 0.05) is 24.4 Å². The molecular formula is C19H22N2O4S. The Labute approximate surface area is 156 Å². The van der Waals surface area contributed by atoms with Crippen LogP contribution >= 0.6 is 11.8 Å². The largest absolute Gasteiger partial charge is 0.465 e. The number of esters is 1. The lowest BCUT2D eigenvalue weighted by atomic mass is 10.1.